The van der Waals surface area contributed by atoms with E-state index < -0.39 is 0 Å². The first-order valence-electron chi connectivity index (χ1n) is 4.55. The number of rotatable bonds is 1. The summed E-state index contributed by atoms with van der Waals surface area (Å²) in [6.45, 7) is 5.57. The molecule has 2 rings (SSSR count). The minimum absolute atomic E-state index is 0.0566. The molecule has 0 spiro atoms. The number of aromatic nitrogens is 2. The molecular formula is C9H15N3O. The summed E-state index contributed by atoms with van der Waals surface area (Å²) in [7, 11) is 0. The molecule has 1 aliphatic rings. The van der Waals surface area contributed by atoms with Crippen molar-refractivity contribution in [3.05, 3.63) is 11.8 Å². The molecule has 2 heterocycles. The Bertz CT molecular complexity index is 317. The van der Waals surface area contributed by atoms with Crippen molar-refractivity contribution in [3.8, 4) is 5.88 Å². The van der Waals surface area contributed by atoms with Gasteiger partial charge in [-0.05, 0) is 13.8 Å². The fourth-order valence-electron chi connectivity index (χ4n) is 1.60. The molecule has 1 aliphatic heterocycles. The van der Waals surface area contributed by atoms with Gasteiger partial charge in [-0.3, -0.25) is 0 Å². The van der Waals surface area contributed by atoms with Gasteiger partial charge in [-0.1, -0.05) is 0 Å². The lowest BCUT2D eigenvalue weighted by Crippen LogP contribution is -2.34. The lowest BCUT2D eigenvalue weighted by Gasteiger charge is -2.31. The number of nitrogens with zero attached hydrogens (tertiary/aromatic N) is 2. The van der Waals surface area contributed by atoms with E-state index in [4.69, 9.17) is 10.5 Å². The van der Waals surface area contributed by atoms with E-state index in [1.807, 2.05) is 4.68 Å². The highest BCUT2D eigenvalue weighted by Gasteiger charge is 2.30. The average Bonchev–Trinajstić information content (AvgIpc) is 2.48. The summed E-state index contributed by atoms with van der Waals surface area (Å²) in [4.78, 5) is 0. The first-order valence-corrected chi connectivity index (χ1v) is 4.55. The minimum atomic E-state index is 0.0566. The fraction of sp³-hybridized carbons (Fsp3) is 0.667. The van der Waals surface area contributed by atoms with E-state index in [0.717, 1.165) is 24.5 Å². The van der Waals surface area contributed by atoms with E-state index in [2.05, 4.69) is 18.9 Å². The summed E-state index contributed by atoms with van der Waals surface area (Å²) in [5, 5.41) is 4.29. The molecule has 4 heteroatoms. The van der Waals surface area contributed by atoms with Crippen LogP contribution in [0, 0.1) is 0 Å². The van der Waals surface area contributed by atoms with Crippen LogP contribution in [0.15, 0.2) is 6.20 Å². The third kappa shape index (κ3) is 1.21. The molecule has 2 N–H and O–H groups in total. The quantitative estimate of drug-likeness (QED) is 0.699. The van der Waals surface area contributed by atoms with Gasteiger partial charge < -0.3 is 10.5 Å². The minimum Gasteiger partial charge on any atom is -0.477 e. The Labute approximate surface area is 77.7 Å². The molecule has 0 saturated carbocycles. The lowest BCUT2D eigenvalue weighted by atomic mass is 10.0. The maximum absolute atomic E-state index is 5.57. The summed E-state index contributed by atoms with van der Waals surface area (Å²) in [5.41, 5.74) is 6.62. The predicted molar refractivity (Wildman–Crippen MR) is 49.6 cm³/mol. The normalized spacial score (nSPS) is 19.3. The molecule has 0 fully saturated rings. The van der Waals surface area contributed by atoms with E-state index in [0.29, 0.717) is 6.54 Å². The van der Waals surface area contributed by atoms with Crippen LogP contribution in [-0.4, -0.2) is 16.4 Å². The molecule has 0 aliphatic carbocycles. The van der Waals surface area contributed by atoms with Gasteiger partial charge in [0.25, 0.3) is 0 Å². The van der Waals surface area contributed by atoms with Crippen molar-refractivity contribution >= 4 is 0 Å². The predicted octanol–water partition coefficient (Wildman–Crippen LogP) is 0.859. The molecule has 13 heavy (non-hydrogen) atoms. The van der Waals surface area contributed by atoms with Crippen LogP contribution < -0.4 is 10.5 Å². The van der Waals surface area contributed by atoms with Crippen molar-refractivity contribution in [2.75, 3.05) is 6.61 Å². The van der Waals surface area contributed by atoms with Crippen LogP contribution >= 0.6 is 0 Å². The van der Waals surface area contributed by atoms with Crippen molar-refractivity contribution in [2.24, 2.45) is 5.73 Å². The maximum atomic E-state index is 5.57. The number of hydrogen-bond acceptors (Lipinski definition) is 3. The zero-order valence-electron chi connectivity index (χ0n) is 8.08. The van der Waals surface area contributed by atoms with Crippen LogP contribution in [0.25, 0.3) is 0 Å². The molecule has 72 valence electrons. The summed E-state index contributed by atoms with van der Waals surface area (Å²) in [5.74, 6) is 0.846. The molecule has 1 aromatic rings. The Morgan fingerprint density at radius 2 is 2.46 bits per heavy atom. The first kappa shape index (κ1) is 8.56. The zero-order chi connectivity index (χ0) is 9.47. The molecule has 4 nitrogen and oxygen atoms in total. The Balaban J connectivity index is 2.48. The third-order valence-corrected chi connectivity index (χ3v) is 2.54. The summed E-state index contributed by atoms with van der Waals surface area (Å²) < 4.78 is 7.47. The summed E-state index contributed by atoms with van der Waals surface area (Å²) in [6.07, 6.45) is 2.79. The standard InChI is InChI=1S/C9H15N3O/c1-9(2)3-4-13-8-7(5-10)6-11-12(8)9/h6H,3-5,10H2,1-2H3. The van der Waals surface area contributed by atoms with Crippen molar-refractivity contribution in [2.45, 2.75) is 32.4 Å². The zero-order valence-corrected chi connectivity index (χ0v) is 8.08. The molecule has 0 unspecified atom stereocenters. The Hall–Kier alpha value is -1.03. The number of nitrogens with two attached hydrogens (primary N) is 1. The second-order valence-electron chi connectivity index (χ2n) is 4.00. The van der Waals surface area contributed by atoms with Gasteiger partial charge in [-0.25, -0.2) is 4.68 Å². The molecule has 0 atom stereocenters. The van der Waals surface area contributed by atoms with E-state index >= 15 is 0 Å². The van der Waals surface area contributed by atoms with Crippen molar-refractivity contribution < 1.29 is 4.74 Å². The van der Waals surface area contributed by atoms with Crippen LogP contribution in [0.5, 0.6) is 5.88 Å². The van der Waals surface area contributed by atoms with Gasteiger partial charge in [0.15, 0.2) is 0 Å². The Kier molecular flexibility index (Phi) is 1.80. The van der Waals surface area contributed by atoms with Gasteiger partial charge in [0.1, 0.15) is 0 Å². The second-order valence-corrected chi connectivity index (χ2v) is 4.00. The summed E-state index contributed by atoms with van der Waals surface area (Å²) in [6, 6.07) is 0. The van der Waals surface area contributed by atoms with E-state index in [1.165, 1.54) is 0 Å². The van der Waals surface area contributed by atoms with Gasteiger partial charge in [0.05, 0.1) is 18.3 Å². The second kappa shape index (κ2) is 2.73. The highest BCUT2D eigenvalue weighted by Crippen LogP contribution is 2.32. The van der Waals surface area contributed by atoms with E-state index in [9.17, 15) is 0 Å². The largest absolute Gasteiger partial charge is 0.477 e. The average molecular weight is 181 g/mol. The Morgan fingerprint density at radius 3 is 3.15 bits per heavy atom. The van der Waals surface area contributed by atoms with E-state index in [-0.39, 0.29) is 5.54 Å². The van der Waals surface area contributed by atoms with Crippen molar-refractivity contribution in [3.63, 3.8) is 0 Å². The van der Waals surface area contributed by atoms with Gasteiger partial charge in [-0.2, -0.15) is 5.10 Å². The van der Waals surface area contributed by atoms with Crippen molar-refractivity contribution in [1.29, 1.82) is 0 Å². The number of fused-ring (bicyclic) bond motifs is 1. The number of ether oxygens (including phenoxy) is 1. The lowest BCUT2D eigenvalue weighted by molar-refractivity contribution is 0.137. The van der Waals surface area contributed by atoms with Crippen LogP contribution in [-0.2, 0) is 12.1 Å². The monoisotopic (exact) mass is 181 g/mol. The molecule has 0 amide bonds. The van der Waals surface area contributed by atoms with Gasteiger partial charge in [-0.15, -0.1) is 0 Å². The molecule has 0 bridgehead atoms. The highest BCUT2D eigenvalue weighted by molar-refractivity contribution is 5.26. The Morgan fingerprint density at radius 1 is 1.69 bits per heavy atom. The van der Waals surface area contributed by atoms with E-state index in [1.54, 1.807) is 6.20 Å². The molecule has 0 aromatic carbocycles. The summed E-state index contributed by atoms with van der Waals surface area (Å²) >= 11 is 0. The van der Waals surface area contributed by atoms with Gasteiger partial charge >= 0.3 is 0 Å². The maximum Gasteiger partial charge on any atom is 0.216 e. The van der Waals surface area contributed by atoms with Crippen LogP contribution in [0.2, 0.25) is 0 Å². The van der Waals surface area contributed by atoms with Gasteiger partial charge in [0.2, 0.25) is 5.88 Å². The molecule has 0 radical (unpaired) electrons. The van der Waals surface area contributed by atoms with Crippen LogP contribution in [0.4, 0.5) is 0 Å². The fourth-order valence-corrected chi connectivity index (χ4v) is 1.60. The van der Waals surface area contributed by atoms with Crippen molar-refractivity contribution in [1.82, 2.24) is 9.78 Å². The molecule has 1 aromatic heterocycles. The highest BCUT2D eigenvalue weighted by atomic mass is 16.5. The van der Waals surface area contributed by atoms with Crippen LogP contribution in [0.3, 0.4) is 0 Å². The van der Waals surface area contributed by atoms with Gasteiger partial charge in [0, 0.05) is 18.5 Å². The third-order valence-electron chi connectivity index (χ3n) is 2.54. The molecular weight excluding hydrogens is 166 g/mol. The SMILES string of the molecule is CC1(C)CCOc2c(CN)cnn21. The molecule has 0 saturated heterocycles. The number of hydrogen-bond donors (Lipinski definition) is 1. The first-order chi connectivity index (χ1) is 6.15. The smallest absolute Gasteiger partial charge is 0.216 e. The van der Waals surface area contributed by atoms with Crippen LogP contribution in [0.1, 0.15) is 25.8 Å². The topological polar surface area (TPSA) is 53.1 Å².